The van der Waals surface area contributed by atoms with Crippen molar-refractivity contribution in [2.75, 3.05) is 35.4 Å². The lowest BCUT2D eigenvalue weighted by Crippen LogP contribution is -3.00. The molecule has 0 aliphatic rings. The number of hydrogen-bond donors (Lipinski definition) is 0. The molecule has 1 unspecified atom stereocenters. The number of halogens is 1. The summed E-state index contributed by atoms with van der Waals surface area (Å²) in [5, 5.41) is 0. The lowest BCUT2D eigenvalue weighted by atomic mass is 10.3. The third-order valence-electron chi connectivity index (χ3n) is 3.29. The van der Waals surface area contributed by atoms with Gasteiger partial charge in [0.15, 0.2) is 0 Å². The molecule has 1 atom stereocenters. The largest absolute Gasteiger partial charge is 1.00 e. The van der Waals surface area contributed by atoms with E-state index in [0.29, 0.717) is 10.1 Å². The van der Waals surface area contributed by atoms with Crippen LogP contribution in [0, 0.1) is 0 Å². The highest BCUT2D eigenvalue weighted by atomic mass is 35.5. The molecule has 4 nitrogen and oxygen atoms in total. The van der Waals surface area contributed by atoms with Gasteiger partial charge in [-0.15, -0.1) is 0 Å². The molecule has 0 aliphatic carbocycles. The zero-order chi connectivity index (χ0) is 12.1. The minimum absolute atomic E-state index is 0. The summed E-state index contributed by atoms with van der Waals surface area (Å²) in [6, 6.07) is 0. The van der Waals surface area contributed by atoms with E-state index in [2.05, 4.69) is 21.0 Å². The maximum Gasteiger partial charge on any atom is 0.448 e. The minimum atomic E-state index is -0.985. The second-order valence-electron chi connectivity index (χ2n) is 4.31. The van der Waals surface area contributed by atoms with Gasteiger partial charge in [0.1, 0.15) is 0 Å². The zero-order valence-electron chi connectivity index (χ0n) is 11.5. The Kier molecular flexibility index (Phi) is 8.92. The Morgan fingerprint density at radius 2 is 1.50 bits per heavy atom. The molecule has 0 fully saturated rings. The topological polar surface area (TPSA) is 27.7 Å². The predicted octanol–water partition coefficient (Wildman–Crippen LogP) is -2.89. The molecule has 0 radical (unpaired) electrons. The van der Waals surface area contributed by atoms with Gasteiger partial charge in [-0.05, 0) is 6.42 Å². The summed E-state index contributed by atoms with van der Waals surface area (Å²) in [4.78, 5) is 0. The van der Waals surface area contributed by atoms with Gasteiger partial charge in [-0.1, -0.05) is 13.3 Å². The van der Waals surface area contributed by atoms with Crippen molar-refractivity contribution in [3.8, 4) is 0 Å². The van der Waals surface area contributed by atoms with Crippen LogP contribution in [0.15, 0.2) is 0 Å². The minimum Gasteiger partial charge on any atom is -1.00 e. The molecule has 0 aromatic carbocycles. The van der Waals surface area contributed by atoms with Gasteiger partial charge >= 0.3 is 6.10 Å². The molecule has 0 spiro atoms. The van der Waals surface area contributed by atoms with Crippen LogP contribution in [0.4, 0.5) is 0 Å². The van der Waals surface area contributed by atoms with Crippen LogP contribution < -0.4 is 12.4 Å². The normalized spacial score (nSPS) is 14.6. The first-order chi connectivity index (χ1) is 6.91. The van der Waals surface area contributed by atoms with Crippen LogP contribution in [-0.2, 0) is 14.2 Å². The van der Waals surface area contributed by atoms with E-state index >= 15 is 0 Å². The van der Waals surface area contributed by atoms with Gasteiger partial charge in [-0.25, -0.2) is 0 Å². The smallest absolute Gasteiger partial charge is 0.448 e. The number of nitrogens with zero attached hydrogens (tertiary/aromatic N) is 1. The highest BCUT2D eigenvalue weighted by Crippen LogP contribution is 2.27. The van der Waals surface area contributed by atoms with Gasteiger partial charge in [0.05, 0.1) is 30.0 Å². The van der Waals surface area contributed by atoms with Crippen molar-refractivity contribution in [3.05, 3.63) is 0 Å². The van der Waals surface area contributed by atoms with Crippen LogP contribution in [0.3, 0.4) is 0 Å². The van der Waals surface area contributed by atoms with Crippen LogP contribution in [-0.4, -0.2) is 61.9 Å². The van der Waals surface area contributed by atoms with Gasteiger partial charge in [-0.2, -0.15) is 0 Å². The van der Waals surface area contributed by atoms with Crippen molar-refractivity contribution >= 4 is 10.2 Å². The molecule has 16 heavy (non-hydrogen) atoms. The number of ether oxygens (including phenoxy) is 3. The molecule has 0 bridgehead atoms. The Bertz CT molecular complexity index is 181. The van der Waals surface area contributed by atoms with E-state index < -0.39 is 6.10 Å². The summed E-state index contributed by atoms with van der Waals surface area (Å²) in [5.41, 5.74) is 0.537. The number of rotatable bonds is 7. The first kappa shape index (κ1) is 18.7. The van der Waals surface area contributed by atoms with E-state index in [1.54, 1.807) is 21.3 Å². The van der Waals surface area contributed by atoms with Crippen LogP contribution in [0.2, 0.25) is 0 Å². The molecule has 0 saturated heterocycles. The molecule has 6 heteroatoms. The standard InChI is InChI=1S/C10H26NO3Si.ClH/c1-7-8-9(15)11(2,3)10(12-4,13-5)14-6;/h9H,7-8H2,1-6,15H3;1H/q+1;/p-1. The first-order valence-electron chi connectivity index (χ1n) is 5.41. The van der Waals surface area contributed by atoms with Crippen molar-refractivity contribution in [1.29, 1.82) is 0 Å². The number of quaternary nitrogens is 1. The van der Waals surface area contributed by atoms with Crippen LogP contribution in [0.5, 0.6) is 0 Å². The molecule has 100 valence electrons. The average molecular weight is 272 g/mol. The van der Waals surface area contributed by atoms with Crippen LogP contribution in [0.25, 0.3) is 0 Å². The summed E-state index contributed by atoms with van der Waals surface area (Å²) in [6.45, 7) is 2.19. The maximum atomic E-state index is 5.42. The molecule has 0 aromatic rings. The highest BCUT2D eigenvalue weighted by molar-refractivity contribution is 6.10. The summed E-state index contributed by atoms with van der Waals surface area (Å²) >= 11 is 0. The van der Waals surface area contributed by atoms with E-state index in [9.17, 15) is 0 Å². The van der Waals surface area contributed by atoms with Gasteiger partial charge in [-0.3, -0.25) is 18.7 Å². The lowest BCUT2D eigenvalue weighted by molar-refractivity contribution is -1.03. The molecular weight excluding hydrogens is 246 g/mol. The summed E-state index contributed by atoms with van der Waals surface area (Å²) in [5.74, 6) is 0. The Balaban J connectivity index is 0. The van der Waals surface area contributed by atoms with Crippen molar-refractivity contribution in [2.45, 2.75) is 31.5 Å². The highest BCUT2D eigenvalue weighted by Gasteiger charge is 2.51. The lowest BCUT2D eigenvalue weighted by Gasteiger charge is -2.46. The number of hydrogen-bond acceptors (Lipinski definition) is 3. The van der Waals surface area contributed by atoms with Crippen molar-refractivity contribution < 1.29 is 31.1 Å². The van der Waals surface area contributed by atoms with Crippen LogP contribution in [0.1, 0.15) is 19.8 Å². The second kappa shape index (κ2) is 7.63. The maximum absolute atomic E-state index is 5.42. The summed E-state index contributed by atoms with van der Waals surface area (Å²) < 4.78 is 16.8. The average Bonchev–Trinajstić information content (AvgIpc) is 2.21. The van der Waals surface area contributed by atoms with E-state index in [1.807, 2.05) is 0 Å². The Morgan fingerprint density at radius 3 is 1.75 bits per heavy atom. The molecule has 0 aromatic heterocycles. The summed E-state index contributed by atoms with van der Waals surface area (Å²) in [6.07, 6.45) is 1.35. The van der Waals surface area contributed by atoms with E-state index in [1.165, 1.54) is 6.42 Å². The SMILES string of the molecule is CCCC([SiH3])[N+](C)(C)C(OC)(OC)OC.[Cl-]. The van der Waals surface area contributed by atoms with Gasteiger partial charge in [0.25, 0.3) is 0 Å². The van der Waals surface area contributed by atoms with Crippen molar-refractivity contribution in [1.82, 2.24) is 0 Å². The molecule has 0 heterocycles. The third kappa shape index (κ3) is 3.42. The van der Waals surface area contributed by atoms with Gasteiger partial charge in [0.2, 0.25) is 0 Å². The fraction of sp³-hybridized carbons (Fsp3) is 1.00. The van der Waals surface area contributed by atoms with E-state index in [0.717, 1.165) is 16.7 Å². The Morgan fingerprint density at radius 1 is 1.12 bits per heavy atom. The molecule has 0 aliphatic heterocycles. The van der Waals surface area contributed by atoms with Gasteiger partial charge < -0.3 is 12.4 Å². The Labute approximate surface area is 109 Å². The third-order valence-corrected chi connectivity index (χ3v) is 5.16. The molecule has 0 rings (SSSR count). The first-order valence-corrected chi connectivity index (χ1v) is 6.56. The quantitative estimate of drug-likeness (QED) is 0.283. The van der Waals surface area contributed by atoms with E-state index in [4.69, 9.17) is 14.2 Å². The van der Waals surface area contributed by atoms with Gasteiger partial charge in [0, 0.05) is 21.3 Å². The monoisotopic (exact) mass is 271 g/mol. The Hall–Kier alpha value is 0.347. The zero-order valence-corrected chi connectivity index (χ0v) is 14.3. The fourth-order valence-electron chi connectivity index (χ4n) is 1.97. The molecule has 0 saturated carbocycles. The number of methoxy groups -OCH3 is 3. The fourth-order valence-corrected chi connectivity index (χ4v) is 2.86. The molecule has 0 N–H and O–H groups in total. The molecular formula is C10H26ClNO3Si. The van der Waals surface area contributed by atoms with Crippen LogP contribution >= 0.6 is 0 Å². The molecule has 0 amide bonds. The summed E-state index contributed by atoms with van der Waals surface area (Å²) in [7, 11) is 10.1. The predicted molar refractivity (Wildman–Crippen MR) is 64.5 cm³/mol. The van der Waals surface area contributed by atoms with Crippen molar-refractivity contribution in [3.63, 3.8) is 0 Å². The second-order valence-corrected chi connectivity index (χ2v) is 5.65. The van der Waals surface area contributed by atoms with E-state index in [-0.39, 0.29) is 12.4 Å². The van der Waals surface area contributed by atoms with Crippen molar-refractivity contribution in [2.24, 2.45) is 0 Å².